The summed E-state index contributed by atoms with van der Waals surface area (Å²) < 4.78 is 5.46. The molecule has 1 fully saturated rings. The Kier molecular flexibility index (Phi) is 10.2. The van der Waals surface area contributed by atoms with Crippen molar-refractivity contribution in [3.63, 3.8) is 0 Å². The molecule has 0 amide bonds. The highest BCUT2D eigenvalue weighted by atomic mass is 127. The lowest BCUT2D eigenvalue weighted by molar-refractivity contribution is 0.134. The van der Waals surface area contributed by atoms with Crippen molar-refractivity contribution in [3.05, 3.63) is 59.8 Å². The molecule has 0 spiro atoms. The largest absolute Gasteiger partial charge is 0.377 e. The third-order valence-corrected chi connectivity index (χ3v) is 4.79. The summed E-state index contributed by atoms with van der Waals surface area (Å²) in [6.45, 7) is 10.9. The summed E-state index contributed by atoms with van der Waals surface area (Å²) in [6, 6.07) is 14.6. The van der Waals surface area contributed by atoms with Gasteiger partial charge in [0.2, 0.25) is 0 Å². The van der Waals surface area contributed by atoms with E-state index in [1.165, 1.54) is 11.1 Å². The lowest BCUT2D eigenvalue weighted by Gasteiger charge is -2.37. The minimum atomic E-state index is 0. The number of nitrogens with one attached hydrogen (secondary N) is 1. The van der Waals surface area contributed by atoms with Crippen molar-refractivity contribution in [1.82, 2.24) is 15.2 Å². The molecule has 2 aromatic rings. The van der Waals surface area contributed by atoms with E-state index in [4.69, 9.17) is 9.73 Å². The number of aliphatic imine (C=N–C) groups is 1. The lowest BCUT2D eigenvalue weighted by Crippen LogP contribution is -2.52. The normalized spacial score (nSPS) is 14.5. The Morgan fingerprint density at radius 2 is 1.76 bits per heavy atom. The maximum absolute atomic E-state index is 5.46. The maximum Gasteiger partial charge on any atom is 0.194 e. The van der Waals surface area contributed by atoms with Gasteiger partial charge >= 0.3 is 0 Å². The first kappa shape index (κ1) is 23.4. The lowest BCUT2D eigenvalue weighted by atomic mass is 10.1. The molecular weight excluding hydrogens is 477 g/mol. The zero-order valence-corrected chi connectivity index (χ0v) is 19.7. The fraction of sp³-hybridized carbons (Fsp3) is 0.455. The summed E-state index contributed by atoms with van der Waals surface area (Å²) in [5, 5.41) is 3.44. The summed E-state index contributed by atoms with van der Waals surface area (Å²) >= 11 is 0. The number of rotatable bonds is 7. The fourth-order valence-corrected chi connectivity index (χ4v) is 3.24. The Bertz CT molecular complexity index is 731. The fourth-order valence-electron chi connectivity index (χ4n) is 3.24. The molecule has 2 heterocycles. The van der Waals surface area contributed by atoms with Gasteiger partial charge in [-0.2, -0.15) is 0 Å². The van der Waals surface area contributed by atoms with Gasteiger partial charge in [0, 0.05) is 45.5 Å². The van der Waals surface area contributed by atoms with Gasteiger partial charge in [0.25, 0.3) is 0 Å². The molecule has 29 heavy (non-hydrogen) atoms. The monoisotopic (exact) mass is 509 g/mol. The van der Waals surface area contributed by atoms with Crippen LogP contribution in [0.4, 0.5) is 5.82 Å². The second-order valence-electron chi connectivity index (χ2n) is 6.79. The average Bonchev–Trinajstić information content (AvgIpc) is 2.77. The van der Waals surface area contributed by atoms with E-state index in [2.05, 4.69) is 57.4 Å². The number of piperazine rings is 1. The zero-order valence-electron chi connectivity index (χ0n) is 17.4. The van der Waals surface area contributed by atoms with Gasteiger partial charge in [-0.25, -0.2) is 9.98 Å². The van der Waals surface area contributed by atoms with Crippen LogP contribution in [0, 0.1) is 0 Å². The Morgan fingerprint density at radius 1 is 1.03 bits per heavy atom. The van der Waals surface area contributed by atoms with Crippen LogP contribution in [0.25, 0.3) is 0 Å². The van der Waals surface area contributed by atoms with Gasteiger partial charge in [-0.1, -0.05) is 30.3 Å². The molecule has 1 aliphatic heterocycles. The molecule has 0 radical (unpaired) electrons. The number of hydrogen-bond donors (Lipinski definition) is 1. The molecule has 0 unspecified atom stereocenters. The molecule has 1 aromatic carbocycles. The maximum atomic E-state index is 5.46. The van der Waals surface area contributed by atoms with E-state index in [0.29, 0.717) is 13.2 Å². The van der Waals surface area contributed by atoms with Crippen LogP contribution in [-0.2, 0) is 17.9 Å². The van der Waals surface area contributed by atoms with E-state index in [-0.39, 0.29) is 24.0 Å². The molecule has 0 bridgehead atoms. The molecule has 0 saturated carbocycles. The molecule has 7 heteroatoms. The van der Waals surface area contributed by atoms with Crippen LogP contribution in [0.1, 0.15) is 25.0 Å². The summed E-state index contributed by atoms with van der Waals surface area (Å²) in [7, 11) is 0. The van der Waals surface area contributed by atoms with Gasteiger partial charge in [0.15, 0.2) is 5.96 Å². The topological polar surface area (TPSA) is 53.0 Å². The van der Waals surface area contributed by atoms with Crippen LogP contribution in [-0.4, -0.2) is 55.2 Å². The number of nitrogens with zero attached hydrogens (tertiary/aromatic N) is 4. The predicted octanol–water partition coefficient (Wildman–Crippen LogP) is 3.52. The van der Waals surface area contributed by atoms with E-state index in [0.717, 1.165) is 51.1 Å². The van der Waals surface area contributed by atoms with E-state index in [1.807, 2.05) is 25.3 Å². The smallest absolute Gasteiger partial charge is 0.194 e. The van der Waals surface area contributed by atoms with E-state index in [9.17, 15) is 0 Å². The van der Waals surface area contributed by atoms with Gasteiger partial charge in [-0.3, -0.25) is 0 Å². The number of pyridine rings is 1. The standard InChI is InChI=1S/C22H31N5O.HI/c1-3-23-22(25-17-19-8-10-20(11-9-19)18-28-4-2)27-15-13-26(14-16-27)21-7-5-6-12-24-21;/h5-12H,3-4,13-18H2,1-2H3,(H,23,25);1H. The van der Waals surface area contributed by atoms with Gasteiger partial charge in [0.05, 0.1) is 13.2 Å². The highest BCUT2D eigenvalue weighted by molar-refractivity contribution is 14.0. The summed E-state index contributed by atoms with van der Waals surface area (Å²) in [4.78, 5) is 14.0. The van der Waals surface area contributed by atoms with E-state index in [1.54, 1.807) is 0 Å². The van der Waals surface area contributed by atoms with Crippen molar-refractivity contribution in [3.8, 4) is 0 Å². The van der Waals surface area contributed by atoms with Crippen LogP contribution >= 0.6 is 24.0 Å². The molecule has 1 N–H and O–H groups in total. The average molecular weight is 509 g/mol. The molecular formula is C22H32IN5O. The third-order valence-electron chi connectivity index (χ3n) is 4.79. The number of halogens is 1. The highest BCUT2D eigenvalue weighted by Gasteiger charge is 2.20. The summed E-state index contributed by atoms with van der Waals surface area (Å²) in [6.07, 6.45) is 1.85. The molecule has 3 rings (SSSR count). The number of guanidine groups is 1. The number of aromatic nitrogens is 1. The minimum Gasteiger partial charge on any atom is -0.377 e. The minimum absolute atomic E-state index is 0. The number of benzene rings is 1. The first-order chi connectivity index (χ1) is 13.8. The SMILES string of the molecule is CCNC(=NCc1ccc(COCC)cc1)N1CCN(c2ccccn2)CC1.I. The van der Waals surface area contributed by atoms with Crippen molar-refractivity contribution in [2.24, 2.45) is 4.99 Å². The quantitative estimate of drug-likeness (QED) is 0.352. The summed E-state index contributed by atoms with van der Waals surface area (Å²) in [5.74, 6) is 2.04. The van der Waals surface area contributed by atoms with E-state index < -0.39 is 0 Å². The molecule has 1 aliphatic rings. The summed E-state index contributed by atoms with van der Waals surface area (Å²) in [5.41, 5.74) is 2.41. The second-order valence-corrected chi connectivity index (χ2v) is 6.79. The molecule has 6 nitrogen and oxygen atoms in total. The van der Waals surface area contributed by atoms with Crippen LogP contribution in [0.15, 0.2) is 53.7 Å². The highest BCUT2D eigenvalue weighted by Crippen LogP contribution is 2.13. The zero-order chi connectivity index (χ0) is 19.6. The Balaban J connectivity index is 0.00000300. The number of anilines is 1. The van der Waals surface area contributed by atoms with Crippen LogP contribution in [0.2, 0.25) is 0 Å². The van der Waals surface area contributed by atoms with Gasteiger partial charge in [-0.05, 0) is 37.1 Å². The number of ether oxygens (including phenoxy) is 1. The molecule has 158 valence electrons. The number of hydrogen-bond acceptors (Lipinski definition) is 4. The molecule has 1 saturated heterocycles. The van der Waals surface area contributed by atoms with Crippen molar-refractivity contribution >= 4 is 35.8 Å². The van der Waals surface area contributed by atoms with Crippen molar-refractivity contribution in [1.29, 1.82) is 0 Å². The van der Waals surface area contributed by atoms with Crippen LogP contribution < -0.4 is 10.2 Å². The Hall–Kier alpha value is -1.87. The van der Waals surface area contributed by atoms with Gasteiger partial charge < -0.3 is 19.9 Å². The Morgan fingerprint density at radius 3 is 2.38 bits per heavy atom. The predicted molar refractivity (Wildman–Crippen MR) is 130 cm³/mol. The Labute approximate surface area is 191 Å². The van der Waals surface area contributed by atoms with Crippen molar-refractivity contribution in [2.45, 2.75) is 27.0 Å². The molecule has 1 aromatic heterocycles. The third kappa shape index (κ3) is 7.15. The van der Waals surface area contributed by atoms with Gasteiger partial charge in [-0.15, -0.1) is 24.0 Å². The van der Waals surface area contributed by atoms with Crippen LogP contribution in [0.3, 0.4) is 0 Å². The first-order valence-electron chi connectivity index (χ1n) is 10.1. The molecule has 0 aliphatic carbocycles. The van der Waals surface area contributed by atoms with Crippen molar-refractivity contribution in [2.75, 3.05) is 44.2 Å². The van der Waals surface area contributed by atoms with Crippen molar-refractivity contribution < 1.29 is 4.74 Å². The first-order valence-corrected chi connectivity index (χ1v) is 10.1. The molecule has 0 atom stereocenters. The van der Waals surface area contributed by atoms with Gasteiger partial charge in [0.1, 0.15) is 5.82 Å². The second kappa shape index (κ2) is 12.6. The van der Waals surface area contributed by atoms with Crippen LogP contribution in [0.5, 0.6) is 0 Å². The van der Waals surface area contributed by atoms with E-state index >= 15 is 0 Å².